The number of hydrogen-bond acceptors (Lipinski definition) is 5. The number of ether oxygens (including phenoxy) is 3. The molecule has 2 fully saturated rings. The Morgan fingerprint density at radius 2 is 1.94 bits per heavy atom. The number of amides is 1. The summed E-state index contributed by atoms with van der Waals surface area (Å²) in [5.74, 6) is 0.780. The van der Waals surface area contributed by atoms with Crippen molar-refractivity contribution >= 4 is 6.09 Å². The number of H-pyrrole nitrogens is 1. The summed E-state index contributed by atoms with van der Waals surface area (Å²) < 4.78 is 17.2. The second-order valence-electron chi connectivity index (χ2n) is 9.36. The predicted octanol–water partition coefficient (Wildman–Crippen LogP) is 4.87. The summed E-state index contributed by atoms with van der Waals surface area (Å²) in [5, 5.41) is 7.26. The molecule has 7 heteroatoms. The molecule has 1 N–H and O–H groups in total. The topological polar surface area (TPSA) is 76.7 Å². The Labute approximate surface area is 196 Å². The van der Waals surface area contributed by atoms with E-state index < -0.39 is 0 Å². The third-order valence-electron chi connectivity index (χ3n) is 7.23. The average Bonchev–Trinajstić information content (AvgIpc) is 3.41. The lowest BCUT2D eigenvalue weighted by Gasteiger charge is -2.41. The quantitative estimate of drug-likeness (QED) is 0.614. The van der Waals surface area contributed by atoms with Gasteiger partial charge in [0.1, 0.15) is 6.61 Å². The molecule has 3 atom stereocenters. The molecule has 1 aliphatic heterocycles. The van der Waals surface area contributed by atoms with Crippen molar-refractivity contribution in [3.05, 3.63) is 53.9 Å². The molecule has 4 rings (SSSR count). The van der Waals surface area contributed by atoms with Gasteiger partial charge in [-0.2, -0.15) is 5.10 Å². The van der Waals surface area contributed by atoms with Gasteiger partial charge in [0.05, 0.1) is 24.9 Å². The molecule has 1 aromatic carbocycles. The molecule has 180 valence electrons. The van der Waals surface area contributed by atoms with Crippen molar-refractivity contribution in [3.63, 3.8) is 0 Å². The van der Waals surface area contributed by atoms with E-state index in [1.165, 1.54) is 5.56 Å². The Bertz CT molecular complexity index is 836. The summed E-state index contributed by atoms with van der Waals surface area (Å²) in [6.07, 6.45) is 7.91. The number of benzene rings is 1. The number of nitrogens with zero attached hydrogens (tertiary/aromatic N) is 2. The third kappa shape index (κ3) is 6.15. The van der Waals surface area contributed by atoms with Gasteiger partial charge in [0.2, 0.25) is 0 Å². The highest BCUT2D eigenvalue weighted by Gasteiger charge is 2.38. The minimum absolute atomic E-state index is 0.0728. The number of piperidine rings is 1. The van der Waals surface area contributed by atoms with Gasteiger partial charge in [-0.25, -0.2) is 4.79 Å². The van der Waals surface area contributed by atoms with Gasteiger partial charge in [-0.15, -0.1) is 0 Å². The first-order chi connectivity index (χ1) is 16.2. The van der Waals surface area contributed by atoms with E-state index in [9.17, 15) is 4.79 Å². The first-order valence-electron chi connectivity index (χ1n) is 12.3. The molecule has 7 nitrogen and oxygen atoms in total. The minimum atomic E-state index is -0.287. The number of carbonyl (C=O) groups excluding carboxylic acids is 1. The third-order valence-corrected chi connectivity index (χ3v) is 7.23. The lowest BCUT2D eigenvalue weighted by molar-refractivity contribution is -0.0315. The summed E-state index contributed by atoms with van der Waals surface area (Å²) in [4.78, 5) is 14.8. The molecule has 2 aliphatic rings. The van der Waals surface area contributed by atoms with Gasteiger partial charge in [0.25, 0.3) is 0 Å². The van der Waals surface area contributed by atoms with Crippen LogP contribution in [0, 0.1) is 0 Å². The maximum absolute atomic E-state index is 13.0. The van der Waals surface area contributed by atoms with Crippen LogP contribution in [0.4, 0.5) is 4.79 Å². The van der Waals surface area contributed by atoms with Crippen LogP contribution in [0.25, 0.3) is 0 Å². The van der Waals surface area contributed by atoms with Gasteiger partial charge >= 0.3 is 6.09 Å². The fourth-order valence-corrected chi connectivity index (χ4v) is 5.19. The second-order valence-corrected chi connectivity index (χ2v) is 9.36. The van der Waals surface area contributed by atoms with Crippen LogP contribution in [0.5, 0.6) is 0 Å². The van der Waals surface area contributed by atoms with Crippen LogP contribution in [-0.4, -0.2) is 66.3 Å². The maximum atomic E-state index is 13.0. The first kappa shape index (κ1) is 23.8. The van der Waals surface area contributed by atoms with E-state index in [-0.39, 0.29) is 36.9 Å². The Morgan fingerprint density at radius 1 is 1.15 bits per heavy atom. The molecular formula is C26H37N3O4. The van der Waals surface area contributed by atoms with Crippen LogP contribution in [-0.2, 0) is 14.2 Å². The molecule has 2 heterocycles. The number of aromatic nitrogens is 2. The second kappa shape index (κ2) is 11.7. The van der Waals surface area contributed by atoms with Gasteiger partial charge in [0, 0.05) is 31.5 Å². The Kier molecular flexibility index (Phi) is 8.40. The van der Waals surface area contributed by atoms with E-state index in [4.69, 9.17) is 14.2 Å². The zero-order chi connectivity index (χ0) is 23.0. The van der Waals surface area contributed by atoms with E-state index in [2.05, 4.69) is 40.5 Å². The molecular weight excluding hydrogens is 418 g/mol. The number of aromatic amines is 1. The van der Waals surface area contributed by atoms with Crippen molar-refractivity contribution in [2.45, 2.75) is 75.5 Å². The number of carbonyl (C=O) groups is 1. The molecule has 1 amide bonds. The summed E-state index contributed by atoms with van der Waals surface area (Å²) in [5.41, 5.74) is 2.49. The van der Waals surface area contributed by atoms with E-state index in [0.29, 0.717) is 19.1 Å². The summed E-state index contributed by atoms with van der Waals surface area (Å²) in [6.45, 7) is 3.33. The molecule has 1 saturated heterocycles. The van der Waals surface area contributed by atoms with E-state index in [0.717, 1.165) is 44.2 Å². The molecule has 1 saturated carbocycles. The van der Waals surface area contributed by atoms with Crippen molar-refractivity contribution < 1.29 is 19.0 Å². The number of methoxy groups -OCH3 is 1. The molecule has 33 heavy (non-hydrogen) atoms. The fraction of sp³-hybridized carbons (Fsp3) is 0.615. The van der Waals surface area contributed by atoms with Gasteiger partial charge < -0.3 is 19.1 Å². The number of likely N-dealkylation sites (tertiary alicyclic amines) is 1. The summed E-state index contributed by atoms with van der Waals surface area (Å²) in [6, 6.07) is 12.7. The van der Waals surface area contributed by atoms with Crippen molar-refractivity contribution in [3.8, 4) is 0 Å². The van der Waals surface area contributed by atoms with Gasteiger partial charge in [-0.1, -0.05) is 30.3 Å². The Hall–Kier alpha value is -2.38. The van der Waals surface area contributed by atoms with Crippen LogP contribution in [0.15, 0.2) is 42.6 Å². The number of hydrogen-bond donors (Lipinski definition) is 1. The van der Waals surface area contributed by atoms with E-state index >= 15 is 0 Å². The van der Waals surface area contributed by atoms with Crippen LogP contribution < -0.4 is 0 Å². The molecule has 1 aromatic heterocycles. The van der Waals surface area contributed by atoms with Gasteiger partial charge in [-0.3, -0.25) is 5.10 Å². The van der Waals surface area contributed by atoms with Gasteiger partial charge in [-0.05, 0) is 63.0 Å². The molecule has 0 radical (unpaired) electrons. The van der Waals surface area contributed by atoms with Crippen LogP contribution in [0.3, 0.4) is 0 Å². The first-order valence-corrected chi connectivity index (χ1v) is 12.3. The van der Waals surface area contributed by atoms with Crippen LogP contribution in [0.2, 0.25) is 0 Å². The zero-order valence-corrected chi connectivity index (χ0v) is 19.8. The SMILES string of the molecule is CO[C@@H](C)COC(=O)N1CCC[C@H](c2ccn[nH]2)[C@@H]1COC1CCC(c2ccccc2)CC1. The molecule has 2 aromatic rings. The smallest absolute Gasteiger partial charge is 0.410 e. The highest BCUT2D eigenvalue weighted by Crippen LogP contribution is 2.36. The average molecular weight is 456 g/mol. The molecule has 1 aliphatic carbocycles. The Balaban J connectivity index is 1.37. The van der Waals surface area contributed by atoms with Crippen molar-refractivity contribution in [2.24, 2.45) is 0 Å². The molecule has 0 spiro atoms. The van der Waals surface area contributed by atoms with Crippen molar-refractivity contribution in [2.75, 3.05) is 26.9 Å². The largest absolute Gasteiger partial charge is 0.447 e. The van der Waals surface area contributed by atoms with E-state index in [1.54, 1.807) is 13.3 Å². The van der Waals surface area contributed by atoms with Crippen molar-refractivity contribution in [1.82, 2.24) is 15.1 Å². The minimum Gasteiger partial charge on any atom is -0.447 e. The Morgan fingerprint density at radius 3 is 2.64 bits per heavy atom. The number of rotatable bonds is 8. The standard InChI is InChI=1S/C26H37N3O4/c1-19(31-2)17-33-26(30)29-16-6-9-23(24-14-15-27-28-24)25(29)18-32-22-12-10-21(11-13-22)20-7-4-3-5-8-20/h3-5,7-8,14-15,19,21-23,25H,6,9-13,16-18H2,1-2H3,(H,27,28)/t19-,21?,22?,23+,25-/m0/s1. The highest BCUT2D eigenvalue weighted by molar-refractivity contribution is 5.68. The highest BCUT2D eigenvalue weighted by atomic mass is 16.6. The fourth-order valence-electron chi connectivity index (χ4n) is 5.19. The normalized spacial score (nSPS) is 26.7. The zero-order valence-electron chi connectivity index (χ0n) is 19.8. The van der Waals surface area contributed by atoms with E-state index in [1.807, 2.05) is 17.9 Å². The number of nitrogens with one attached hydrogen (secondary N) is 1. The molecule has 0 bridgehead atoms. The monoisotopic (exact) mass is 455 g/mol. The lowest BCUT2D eigenvalue weighted by Crippen LogP contribution is -2.51. The summed E-state index contributed by atoms with van der Waals surface area (Å²) >= 11 is 0. The van der Waals surface area contributed by atoms with Crippen LogP contribution in [0.1, 0.15) is 68.5 Å². The summed E-state index contributed by atoms with van der Waals surface area (Å²) in [7, 11) is 1.62. The van der Waals surface area contributed by atoms with Gasteiger partial charge in [0.15, 0.2) is 0 Å². The van der Waals surface area contributed by atoms with Crippen LogP contribution >= 0.6 is 0 Å². The lowest BCUT2D eigenvalue weighted by atomic mass is 9.82. The maximum Gasteiger partial charge on any atom is 0.410 e. The predicted molar refractivity (Wildman–Crippen MR) is 126 cm³/mol. The molecule has 0 unspecified atom stereocenters. The van der Waals surface area contributed by atoms with Crippen molar-refractivity contribution in [1.29, 1.82) is 0 Å².